The van der Waals surface area contributed by atoms with Gasteiger partial charge in [0.15, 0.2) is 0 Å². The van der Waals surface area contributed by atoms with E-state index in [0.29, 0.717) is 24.8 Å². The molecule has 0 saturated carbocycles. The molecular weight excluding hydrogens is 280 g/mol. The van der Waals surface area contributed by atoms with Crippen molar-refractivity contribution in [1.29, 1.82) is 0 Å². The average molecular weight is 311 g/mol. The van der Waals surface area contributed by atoms with Crippen LogP contribution in [0, 0.1) is 18.8 Å². The second-order valence-corrected chi connectivity index (χ2v) is 7.68. The third kappa shape index (κ3) is 7.09. The number of hydrogen-bond donors (Lipinski definition) is 2. The summed E-state index contributed by atoms with van der Waals surface area (Å²) in [5, 5.41) is 3.11. The molecule has 0 saturated heterocycles. The summed E-state index contributed by atoms with van der Waals surface area (Å²) < 4.78 is 0. The van der Waals surface area contributed by atoms with Gasteiger partial charge in [0.1, 0.15) is 0 Å². The number of carbonyl (C=O) groups excluding carboxylic acids is 1. The number of aryl methyl sites for hydroxylation is 1. The Morgan fingerprint density at radius 1 is 1.29 bits per heavy atom. The quantitative estimate of drug-likeness (QED) is 0.733. The van der Waals surface area contributed by atoms with Gasteiger partial charge in [-0.15, -0.1) is 11.3 Å². The summed E-state index contributed by atoms with van der Waals surface area (Å²) in [6, 6.07) is 4.48. The van der Waals surface area contributed by atoms with Crippen LogP contribution >= 0.6 is 11.3 Å². The van der Waals surface area contributed by atoms with Crippen LogP contribution in [0.3, 0.4) is 0 Å². The van der Waals surface area contributed by atoms with Crippen molar-refractivity contribution in [1.82, 2.24) is 5.32 Å². The molecule has 1 aromatic rings. The molecule has 1 heterocycles. The first-order valence-electron chi connectivity index (χ1n) is 7.97. The maximum absolute atomic E-state index is 12.0. The van der Waals surface area contributed by atoms with Crippen LogP contribution in [0.15, 0.2) is 12.1 Å². The van der Waals surface area contributed by atoms with Crippen molar-refractivity contribution in [2.24, 2.45) is 17.6 Å². The second-order valence-electron chi connectivity index (χ2n) is 6.31. The Kier molecular flexibility index (Phi) is 7.97. The fourth-order valence-electron chi connectivity index (χ4n) is 2.64. The minimum absolute atomic E-state index is 0.165. The van der Waals surface area contributed by atoms with Crippen molar-refractivity contribution < 1.29 is 4.79 Å². The van der Waals surface area contributed by atoms with Gasteiger partial charge in [-0.05, 0) is 57.2 Å². The summed E-state index contributed by atoms with van der Waals surface area (Å²) in [5.74, 6) is 1.31. The van der Waals surface area contributed by atoms with Gasteiger partial charge in [-0.3, -0.25) is 4.79 Å². The number of nitrogens with two attached hydrogens (primary N) is 1. The van der Waals surface area contributed by atoms with Crippen LogP contribution in [0.1, 0.15) is 49.8 Å². The fourth-order valence-corrected chi connectivity index (χ4v) is 3.66. The minimum Gasteiger partial charge on any atom is -0.353 e. The zero-order valence-corrected chi connectivity index (χ0v) is 14.6. The Balaban J connectivity index is 2.32. The van der Waals surface area contributed by atoms with Crippen LogP contribution in [0.5, 0.6) is 0 Å². The molecule has 0 aliphatic rings. The van der Waals surface area contributed by atoms with Gasteiger partial charge in [0.2, 0.25) is 5.91 Å². The van der Waals surface area contributed by atoms with Gasteiger partial charge in [0.25, 0.3) is 0 Å². The van der Waals surface area contributed by atoms with Crippen molar-refractivity contribution in [3.05, 3.63) is 21.9 Å². The average Bonchev–Trinajstić information content (AvgIpc) is 2.79. The van der Waals surface area contributed by atoms with Crippen molar-refractivity contribution in [3.8, 4) is 0 Å². The maximum atomic E-state index is 12.0. The zero-order chi connectivity index (χ0) is 15.8. The Morgan fingerprint density at radius 2 is 2.00 bits per heavy atom. The van der Waals surface area contributed by atoms with E-state index in [9.17, 15) is 4.79 Å². The van der Waals surface area contributed by atoms with Crippen molar-refractivity contribution in [3.63, 3.8) is 0 Å². The summed E-state index contributed by atoms with van der Waals surface area (Å²) in [6.45, 7) is 9.31. The normalized spacial score (nSPS) is 14.2. The molecule has 1 amide bonds. The predicted molar refractivity (Wildman–Crippen MR) is 91.6 cm³/mol. The molecule has 0 aliphatic heterocycles. The SMILES string of the molecule is Cc1ccc(CC(C)NC(=O)CCC(CCN)C(C)C)s1. The first-order valence-corrected chi connectivity index (χ1v) is 8.78. The molecule has 120 valence electrons. The molecule has 0 aliphatic carbocycles. The van der Waals surface area contributed by atoms with Crippen LogP contribution in [0.4, 0.5) is 0 Å². The summed E-state index contributed by atoms with van der Waals surface area (Å²) in [5.41, 5.74) is 5.64. The molecule has 2 unspecified atom stereocenters. The van der Waals surface area contributed by atoms with Gasteiger partial charge >= 0.3 is 0 Å². The topological polar surface area (TPSA) is 55.1 Å². The Morgan fingerprint density at radius 3 is 2.52 bits per heavy atom. The molecule has 0 spiro atoms. The van der Waals surface area contributed by atoms with Gasteiger partial charge in [-0.1, -0.05) is 13.8 Å². The third-order valence-corrected chi connectivity index (χ3v) is 4.96. The molecule has 2 atom stereocenters. The molecule has 0 bridgehead atoms. The van der Waals surface area contributed by atoms with Crippen molar-refractivity contribution in [2.75, 3.05) is 6.54 Å². The van der Waals surface area contributed by atoms with E-state index in [2.05, 4.69) is 45.1 Å². The standard InChI is InChI=1S/C17H30N2OS/c1-12(2)15(9-10-18)6-8-17(20)19-13(3)11-16-7-5-14(4)21-16/h5,7,12-13,15H,6,8-11,18H2,1-4H3,(H,19,20). The summed E-state index contributed by atoms with van der Waals surface area (Å²) >= 11 is 1.81. The van der Waals surface area contributed by atoms with E-state index in [4.69, 9.17) is 5.73 Å². The van der Waals surface area contributed by atoms with E-state index in [1.54, 1.807) is 11.3 Å². The molecule has 1 rings (SSSR count). The number of hydrogen-bond acceptors (Lipinski definition) is 3. The monoisotopic (exact) mass is 310 g/mol. The summed E-state index contributed by atoms with van der Waals surface area (Å²) in [6.07, 6.45) is 3.47. The maximum Gasteiger partial charge on any atom is 0.220 e. The van der Waals surface area contributed by atoms with E-state index in [0.717, 1.165) is 19.3 Å². The number of amides is 1. The Labute approximate surface area is 133 Å². The lowest BCUT2D eigenvalue weighted by atomic mass is 9.88. The van der Waals surface area contributed by atoms with E-state index < -0.39 is 0 Å². The lowest BCUT2D eigenvalue weighted by Crippen LogP contribution is -2.34. The molecule has 0 aromatic carbocycles. The smallest absolute Gasteiger partial charge is 0.220 e. The van der Waals surface area contributed by atoms with Gasteiger partial charge in [0.05, 0.1) is 0 Å². The molecule has 3 nitrogen and oxygen atoms in total. The second kappa shape index (κ2) is 9.21. The first-order chi connectivity index (χ1) is 9.92. The highest BCUT2D eigenvalue weighted by atomic mass is 32.1. The molecule has 0 fully saturated rings. The van der Waals surface area contributed by atoms with Gasteiger partial charge in [-0.2, -0.15) is 0 Å². The summed E-state index contributed by atoms with van der Waals surface area (Å²) in [7, 11) is 0. The number of nitrogens with one attached hydrogen (secondary N) is 1. The van der Waals surface area contributed by atoms with E-state index in [1.807, 2.05) is 0 Å². The molecular formula is C17H30N2OS. The van der Waals surface area contributed by atoms with Crippen LogP contribution in [-0.4, -0.2) is 18.5 Å². The fraction of sp³-hybridized carbons (Fsp3) is 0.706. The lowest BCUT2D eigenvalue weighted by molar-refractivity contribution is -0.122. The highest BCUT2D eigenvalue weighted by Crippen LogP contribution is 2.20. The molecule has 3 N–H and O–H groups in total. The summed E-state index contributed by atoms with van der Waals surface area (Å²) in [4.78, 5) is 14.7. The van der Waals surface area contributed by atoms with Gasteiger partial charge in [-0.25, -0.2) is 0 Å². The zero-order valence-electron chi connectivity index (χ0n) is 13.8. The van der Waals surface area contributed by atoms with Crippen LogP contribution < -0.4 is 11.1 Å². The minimum atomic E-state index is 0.165. The van der Waals surface area contributed by atoms with Crippen LogP contribution in [-0.2, 0) is 11.2 Å². The van der Waals surface area contributed by atoms with E-state index in [1.165, 1.54) is 9.75 Å². The molecule has 1 aromatic heterocycles. The van der Waals surface area contributed by atoms with Crippen molar-refractivity contribution in [2.45, 2.75) is 59.4 Å². The van der Waals surface area contributed by atoms with Crippen molar-refractivity contribution >= 4 is 17.2 Å². The largest absolute Gasteiger partial charge is 0.353 e. The van der Waals surface area contributed by atoms with Gasteiger partial charge < -0.3 is 11.1 Å². The molecule has 0 radical (unpaired) electrons. The highest BCUT2D eigenvalue weighted by molar-refractivity contribution is 7.11. The molecule has 4 heteroatoms. The van der Waals surface area contributed by atoms with Crippen LogP contribution in [0.25, 0.3) is 0 Å². The van der Waals surface area contributed by atoms with E-state index in [-0.39, 0.29) is 11.9 Å². The van der Waals surface area contributed by atoms with Gasteiger partial charge in [0, 0.05) is 28.6 Å². The number of rotatable bonds is 9. The third-order valence-electron chi connectivity index (χ3n) is 3.93. The number of thiophene rings is 1. The Hall–Kier alpha value is -0.870. The first kappa shape index (κ1) is 18.2. The highest BCUT2D eigenvalue weighted by Gasteiger charge is 2.15. The van der Waals surface area contributed by atoms with Crippen LogP contribution in [0.2, 0.25) is 0 Å². The predicted octanol–water partition coefficient (Wildman–Crippen LogP) is 3.50. The Bertz CT molecular complexity index is 428. The van der Waals surface area contributed by atoms with E-state index >= 15 is 0 Å². The number of carbonyl (C=O) groups is 1. The lowest BCUT2D eigenvalue weighted by Gasteiger charge is -2.20. The molecule has 21 heavy (non-hydrogen) atoms.